The van der Waals surface area contributed by atoms with E-state index in [0.717, 1.165) is 5.56 Å². The number of halogens is 3. The van der Waals surface area contributed by atoms with E-state index >= 15 is 0 Å². The highest BCUT2D eigenvalue weighted by Gasteiger charge is 2.20. The standard InChI is InChI=1S/C19H18Cl2FN5O2/c20-15-9-13(10-16(21)17(15)22)23-18-24-19(26-5-7-29-8-6-26)27(25-18)11-12-1-3-14(28)4-2-12/h1-4,9-10,28H,5-8,11H2,(H,23,25). The Labute approximate surface area is 176 Å². The molecule has 0 spiro atoms. The molecular weight excluding hydrogens is 420 g/mol. The number of aromatic nitrogens is 3. The first-order valence-electron chi connectivity index (χ1n) is 8.96. The van der Waals surface area contributed by atoms with Gasteiger partial charge in [-0.25, -0.2) is 9.07 Å². The molecule has 1 fully saturated rings. The number of phenols is 1. The van der Waals surface area contributed by atoms with Crippen molar-refractivity contribution in [3.8, 4) is 5.75 Å². The third-order valence-electron chi connectivity index (χ3n) is 4.45. The SMILES string of the molecule is Oc1ccc(Cn2nc(Nc3cc(Cl)c(F)c(Cl)c3)nc2N2CCOCC2)cc1. The van der Waals surface area contributed by atoms with Crippen molar-refractivity contribution >= 4 is 40.8 Å². The molecule has 1 aliphatic heterocycles. The van der Waals surface area contributed by atoms with Crippen LogP contribution in [0.25, 0.3) is 0 Å². The van der Waals surface area contributed by atoms with Crippen LogP contribution in [0, 0.1) is 5.82 Å². The molecule has 0 saturated carbocycles. The van der Waals surface area contributed by atoms with E-state index in [4.69, 9.17) is 27.9 Å². The lowest BCUT2D eigenvalue weighted by Crippen LogP contribution is -2.38. The number of morpholine rings is 1. The highest BCUT2D eigenvalue weighted by Crippen LogP contribution is 2.29. The van der Waals surface area contributed by atoms with Crippen LogP contribution >= 0.6 is 23.2 Å². The predicted octanol–water partition coefficient (Wildman–Crippen LogP) is 4.06. The van der Waals surface area contributed by atoms with Crippen molar-refractivity contribution in [1.82, 2.24) is 14.8 Å². The van der Waals surface area contributed by atoms with Gasteiger partial charge in [-0.2, -0.15) is 4.98 Å². The van der Waals surface area contributed by atoms with Crippen molar-refractivity contribution < 1.29 is 14.2 Å². The fourth-order valence-electron chi connectivity index (χ4n) is 3.02. The van der Waals surface area contributed by atoms with Gasteiger partial charge in [-0.1, -0.05) is 35.3 Å². The fourth-order valence-corrected chi connectivity index (χ4v) is 3.51. The van der Waals surface area contributed by atoms with Gasteiger partial charge in [-0.05, 0) is 29.8 Å². The van der Waals surface area contributed by atoms with Gasteiger partial charge in [0.15, 0.2) is 5.82 Å². The Balaban J connectivity index is 1.64. The fraction of sp³-hybridized carbons (Fsp3) is 0.263. The zero-order valence-electron chi connectivity index (χ0n) is 15.3. The van der Waals surface area contributed by atoms with Gasteiger partial charge >= 0.3 is 0 Å². The zero-order valence-corrected chi connectivity index (χ0v) is 16.8. The number of phenolic OH excluding ortho intramolecular Hbond substituents is 1. The number of nitrogens with zero attached hydrogens (tertiary/aromatic N) is 4. The maximum absolute atomic E-state index is 13.7. The first kappa shape index (κ1) is 19.8. The van der Waals surface area contributed by atoms with Crippen LogP contribution in [-0.2, 0) is 11.3 Å². The Kier molecular flexibility index (Phi) is 5.75. The molecule has 3 aromatic rings. The first-order valence-corrected chi connectivity index (χ1v) is 9.72. The normalized spacial score (nSPS) is 14.2. The zero-order chi connectivity index (χ0) is 20.4. The van der Waals surface area contributed by atoms with Gasteiger partial charge < -0.3 is 20.1 Å². The highest BCUT2D eigenvalue weighted by molar-refractivity contribution is 6.35. The van der Waals surface area contributed by atoms with Crippen LogP contribution in [0.3, 0.4) is 0 Å². The van der Waals surface area contributed by atoms with Crippen LogP contribution in [0.15, 0.2) is 36.4 Å². The highest BCUT2D eigenvalue weighted by atomic mass is 35.5. The number of hydrogen-bond donors (Lipinski definition) is 2. The van der Waals surface area contributed by atoms with Crippen LogP contribution < -0.4 is 10.2 Å². The average Bonchev–Trinajstić information content (AvgIpc) is 3.10. The number of nitrogens with one attached hydrogen (secondary N) is 1. The van der Waals surface area contributed by atoms with E-state index in [1.165, 1.54) is 12.1 Å². The topological polar surface area (TPSA) is 75.4 Å². The molecule has 0 radical (unpaired) electrons. The van der Waals surface area contributed by atoms with Gasteiger partial charge in [-0.3, -0.25) is 0 Å². The average molecular weight is 438 g/mol. The van der Waals surface area contributed by atoms with Gasteiger partial charge in [0.2, 0.25) is 11.9 Å². The van der Waals surface area contributed by atoms with Crippen molar-refractivity contribution in [1.29, 1.82) is 0 Å². The smallest absolute Gasteiger partial charge is 0.248 e. The van der Waals surface area contributed by atoms with Gasteiger partial charge in [0, 0.05) is 18.8 Å². The summed E-state index contributed by atoms with van der Waals surface area (Å²) < 4.78 is 20.9. The summed E-state index contributed by atoms with van der Waals surface area (Å²) >= 11 is 11.8. The van der Waals surface area contributed by atoms with Gasteiger partial charge in [-0.15, -0.1) is 5.10 Å². The van der Waals surface area contributed by atoms with E-state index in [1.807, 2.05) is 12.1 Å². The second-order valence-electron chi connectivity index (χ2n) is 6.54. The lowest BCUT2D eigenvalue weighted by molar-refractivity contribution is 0.121. The maximum atomic E-state index is 13.7. The van der Waals surface area contributed by atoms with Gasteiger partial charge in [0.1, 0.15) is 5.75 Å². The molecule has 2 N–H and O–H groups in total. The van der Waals surface area contributed by atoms with Crippen molar-refractivity contribution in [2.45, 2.75) is 6.54 Å². The Morgan fingerprint density at radius 2 is 1.76 bits per heavy atom. The summed E-state index contributed by atoms with van der Waals surface area (Å²) in [5.41, 5.74) is 1.44. The lowest BCUT2D eigenvalue weighted by Gasteiger charge is -2.27. The summed E-state index contributed by atoms with van der Waals surface area (Å²) in [6.07, 6.45) is 0. The molecular formula is C19H18Cl2FN5O2. The van der Waals surface area contributed by atoms with Crippen LogP contribution in [0.2, 0.25) is 10.0 Å². The molecule has 4 rings (SSSR count). The molecule has 1 aliphatic rings. The number of benzene rings is 2. The summed E-state index contributed by atoms with van der Waals surface area (Å²) in [5, 5.41) is 16.9. The van der Waals surface area contributed by atoms with Crippen LogP contribution in [0.5, 0.6) is 5.75 Å². The van der Waals surface area contributed by atoms with Crippen molar-refractivity contribution in [3.63, 3.8) is 0 Å². The number of hydrogen-bond acceptors (Lipinski definition) is 6. The number of ether oxygens (including phenoxy) is 1. The van der Waals surface area contributed by atoms with Crippen molar-refractivity contribution in [2.75, 3.05) is 36.5 Å². The predicted molar refractivity (Wildman–Crippen MR) is 110 cm³/mol. The second-order valence-corrected chi connectivity index (χ2v) is 7.35. The minimum absolute atomic E-state index is 0.0862. The quantitative estimate of drug-likeness (QED) is 0.586. The summed E-state index contributed by atoms with van der Waals surface area (Å²) in [6, 6.07) is 9.76. The molecule has 0 atom stereocenters. The molecule has 7 nitrogen and oxygen atoms in total. The largest absolute Gasteiger partial charge is 0.508 e. The maximum Gasteiger partial charge on any atom is 0.248 e. The minimum Gasteiger partial charge on any atom is -0.508 e. The summed E-state index contributed by atoms with van der Waals surface area (Å²) in [4.78, 5) is 6.70. The molecule has 0 amide bonds. The summed E-state index contributed by atoms with van der Waals surface area (Å²) in [5.74, 6) is 0.555. The van der Waals surface area contributed by atoms with E-state index in [0.29, 0.717) is 50.4 Å². The monoisotopic (exact) mass is 437 g/mol. The van der Waals surface area contributed by atoms with E-state index in [2.05, 4.69) is 20.3 Å². The molecule has 10 heteroatoms. The molecule has 0 aliphatic carbocycles. The molecule has 2 aromatic carbocycles. The molecule has 152 valence electrons. The molecule has 1 aromatic heterocycles. The van der Waals surface area contributed by atoms with E-state index in [-0.39, 0.29) is 15.8 Å². The third kappa shape index (κ3) is 4.55. The summed E-state index contributed by atoms with van der Waals surface area (Å²) in [7, 11) is 0. The Hall–Kier alpha value is -2.55. The number of aromatic hydroxyl groups is 1. The third-order valence-corrected chi connectivity index (χ3v) is 5.00. The molecule has 0 unspecified atom stereocenters. The molecule has 0 bridgehead atoms. The second kappa shape index (κ2) is 8.44. The first-order chi connectivity index (χ1) is 14.0. The van der Waals surface area contributed by atoms with E-state index in [9.17, 15) is 9.50 Å². The van der Waals surface area contributed by atoms with Crippen LogP contribution in [-0.4, -0.2) is 46.2 Å². The van der Waals surface area contributed by atoms with Crippen molar-refractivity contribution in [3.05, 3.63) is 57.8 Å². The molecule has 2 heterocycles. The Bertz CT molecular complexity index is 983. The van der Waals surface area contributed by atoms with Gasteiger partial charge in [0.05, 0.1) is 29.8 Å². The number of rotatable bonds is 5. The molecule has 1 saturated heterocycles. The van der Waals surface area contributed by atoms with Gasteiger partial charge in [0.25, 0.3) is 0 Å². The van der Waals surface area contributed by atoms with E-state index in [1.54, 1.807) is 16.8 Å². The van der Waals surface area contributed by atoms with Crippen LogP contribution in [0.4, 0.5) is 22.0 Å². The summed E-state index contributed by atoms with van der Waals surface area (Å²) in [6.45, 7) is 3.08. The lowest BCUT2D eigenvalue weighted by atomic mass is 10.2. The van der Waals surface area contributed by atoms with Crippen molar-refractivity contribution in [2.24, 2.45) is 0 Å². The minimum atomic E-state index is -0.668. The molecule has 29 heavy (non-hydrogen) atoms. The van der Waals surface area contributed by atoms with Crippen LogP contribution in [0.1, 0.15) is 5.56 Å². The Morgan fingerprint density at radius 3 is 2.41 bits per heavy atom. The van der Waals surface area contributed by atoms with E-state index < -0.39 is 5.82 Å². The number of anilines is 3. The Morgan fingerprint density at radius 1 is 1.10 bits per heavy atom.